The second-order valence-corrected chi connectivity index (χ2v) is 7.91. The summed E-state index contributed by atoms with van der Waals surface area (Å²) in [6.07, 6.45) is 0.751. The van der Waals surface area contributed by atoms with Crippen molar-refractivity contribution in [3.05, 3.63) is 59.1 Å². The summed E-state index contributed by atoms with van der Waals surface area (Å²) in [5, 5.41) is 0.187. The Labute approximate surface area is 140 Å². The van der Waals surface area contributed by atoms with Crippen molar-refractivity contribution in [2.24, 2.45) is 0 Å². The van der Waals surface area contributed by atoms with E-state index in [9.17, 15) is 13.2 Å². The first-order chi connectivity index (χ1) is 11.0. The predicted octanol–water partition coefficient (Wildman–Crippen LogP) is 3.09. The average Bonchev–Trinajstić information content (AvgIpc) is 2.97. The topological polar surface area (TPSA) is 54.5 Å². The van der Waals surface area contributed by atoms with E-state index in [4.69, 9.17) is 11.6 Å². The summed E-state index contributed by atoms with van der Waals surface area (Å²) in [5.74, 6) is -0.417. The molecule has 0 saturated carbocycles. The van der Waals surface area contributed by atoms with Crippen LogP contribution >= 0.6 is 11.6 Å². The Hall–Kier alpha value is -1.85. The summed E-state index contributed by atoms with van der Waals surface area (Å²) in [5.41, 5.74) is 2.00. The van der Waals surface area contributed by atoms with Crippen LogP contribution in [0.4, 0.5) is 5.69 Å². The molecule has 4 nitrogen and oxygen atoms in total. The van der Waals surface area contributed by atoms with Crippen LogP contribution in [0, 0.1) is 0 Å². The molecule has 0 N–H and O–H groups in total. The first-order valence-electron chi connectivity index (χ1n) is 7.34. The Bertz CT molecular complexity index is 848. The lowest BCUT2D eigenvalue weighted by Gasteiger charge is -2.17. The zero-order chi connectivity index (χ0) is 16.4. The van der Waals surface area contributed by atoms with Gasteiger partial charge >= 0.3 is 0 Å². The molecule has 6 heteroatoms. The van der Waals surface area contributed by atoms with Crippen LogP contribution in [0.2, 0.25) is 5.02 Å². The summed E-state index contributed by atoms with van der Waals surface area (Å²) in [7, 11) is -3.57. The number of hydrogen-bond acceptors (Lipinski definition) is 3. The van der Waals surface area contributed by atoms with Crippen molar-refractivity contribution in [3.8, 4) is 0 Å². The van der Waals surface area contributed by atoms with E-state index in [0.717, 1.165) is 17.7 Å². The number of anilines is 1. The van der Waals surface area contributed by atoms with Crippen LogP contribution in [0.15, 0.2) is 53.4 Å². The lowest BCUT2D eigenvalue weighted by molar-refractivity contribution is -0.118. The van der Waals surface area contributed by atoms with E-state index in [2.05, 4.69) is 0 Å². The Morgan fingerprint density at radius 3 is 2.57 bits per heavy atom. The molecule has 0 bridgehead atoms. The summed E-state index contributed by atoms with van der Waals surface area (Å²) in [4.78, 5) is 14.1. The molecule has 2 aromatic carbocycles. The third-order valence-electron chi connectivity index (χ3n) is 3.94. The number of carbonyl (C=O) groups is 1. The Morgan fingerprint density at radius 1 is 1.09 bits per heavy atom. The van der Waals surface area contributed by atoms with Crippen LogP contribution in [0.3, 0.4) is 0 Å². The maximum absolute atomic E-state index is 12.4. The average molecular weight is 350 g/mol. The number of carbonyl (C=O) groups excluding carboxylic acids is 1. The molecule has 120 valence electrons. The van der Waals surface area contributed by atoms with Gasteiger partial charge in [-0.05, 0) is 30.2 Å². The minimum absolute atomic E-state index is 0.0537. The molecule has 0 saturated heterocycles. The molecule has 1 heterocycles. The lowest BCUT2D eigenvalue weighted by Crippen LogP contribution is -2.30. The van der Waals surface area contributed by atoms with Gasteiger partial charge in [-0.2, -0.15) is 0 Å². The zero-order valence-electron chi connectivity index (χ0n) is 12.4. The minimum Gasteiger partial charge on any atom is -0.312 e. The number of hydrogen-bond donors (Lipinski definition) is 0. The highest BCUT2D eigenvalue weighted by molar-refractivity contribution is 7.91. The van der Waals surface area contributed by atoms with E-state index in [1.54, 1.807) is 17.0 Å². The van der Waals surface area contributed by atoms with Gasteiger partial charge in [-0.25, -0.2) is 8.42 Å². The summed E-state index contributed by atoms with van der Waals surface area (Å²) in [6.45, 7) is 0.602. The fraction of sp³-hybridized carbons (Fsp3) is 0.235. The number of amides is 1. The third kappa shape index (κ3) is 3.26. The highest BCUT2D eigenvalue weighted by atomic mass is 35.5. The van der Waals surface area contributed by atoms with Crippen LogP contribution in [0.1, 0.15) is 12.0 Å². The van der Waals surface area contributed by atoms with Crippen LogP contribution in [-0.2, 0) is 21.1 Å². The van der Waals surface area contributed by atoms with Crippen LogP contribution in [-0.4, -0.2) is 26.6 Å². The quantitative estimate of drug-likeness (QED) is 0.852. The van der Waals surface area contributed by atoms with Crippen molar-refractivity contribution in [3.63, 3.8) is 0 Å². The highest BCUT2D eigenvalue weighted by Gasteiger charge is 2.26. The Kier molecular flexibility index (Phi) is 4.41. The number of nitrogens with zero attached hydrogens (tertiary/aromatic N) is 1. The van der Waals surface area contributed by atoms with E-state index < -0.39 is 9.84 Å². The molecule has 3 rings (SSSR count). The molecule has 0 fully saturated rings. The minimum atomic E-state index is -3.57. The highest BCUT2D eigenvalue weighted by Crippen LogP contribution is 2.28. The molecular weight excluding hydrogens is 334 g/mol. The number of para-hydroxylation sites is 1. The molecule has 0 spiro atoms. The number of rotatable bonds is 4. The van der Waals surface area contributed by atoms with Crippen LogP contribution in [0.25, 0.3) is 0 Å². The first kappa shape index (κ1) is 16.0. The largest absolute Gasteiger partial charge is 0.312 e. The van der Waals surface area contributed by atoms with Crippen molar-refractivity contribution in [2.45, 2.75) is 17.7 Å². The lowest BCUT2D eigenvalue weighted by atomic mass is 10.2. The van der Waals surface area contributed by atoms with Gasteiger partial charge in [0.05, 0.1) is 15.7 Å². The number of halogens is 1. The molecule has 0 radical (unpaired) electrons. The van der Waals surface area contributed by atoms with Crippen molar-refractivity contribution >= 4 is 33.0 Å². The second kappa shape index (κ2) is 6.34. The normalized spacial score (nSPS) is 13.9. The summed E-state index contributed by atoms with van der Waals surface area (Å²) < 4.78 is 24.7. The van der Waals surface area contributed by atoms with Gasteiger partial charge in [-0.15, -0.1) is 0 Å². The fourth-order valence-electron chi connectivity index (χ4n) is 2.76. The van der Waals surface area contributed by atoms with Crippen LogP contribution < -0.4 is 4.90 Å². The Balaban J connectivity index is 1.72. The van der Waals surface area contributed by atoms with Gasteiger partial charge in [-0.3, -0.25) is 4.79 Å². The fourth-order valence-corrected chi connectivity index (χ4v) is 4.56. The van der Waals surface area contributed by atoms with Gasteiger partial charge in [0, 0.05) is 18.7 Å². The van der Waals surface area contributed by atoms with Crippen molar-refractivity contribution in [2.75, 3.05) is 17.2 Å². The molecule has 1 aliphatic heterocycles. The van der Waals surface area contributed by atoms with E-state index in [0.29, 0.717) is 6.54 Å². The van der Waals surface area contributed by atoms with Crippen molar-refractivity contribution in [1.82, 2.24) is 0 Å². The van der Waals surface area contributed by atoms with Gasteiger partial charge in [-0.1, -0.05) is 41.9 Å². The molecule has 1 aliphatic rings. The Morgan fingerprint density at radius 2 is 1.78 bits per heavy atom. The van der Waals surface area contributed by atoms with E-state index >= 15 is 0 Å². The first-order valence-corrected chi connectivity index (χ1v) is 9.37. The van der Waals surface area contributed by atoms with E-state index in [1.165, 1.54) is 12.1 Å². The zero-order valence-corrected chi connectivity index (χ0v) is 14.0. The molecule has 23 heavy (non-hydrogen) atoms. The van der Waals surface area contributed by atoms with Crippen molar-refractivity contribution in [1.29, 1.82) is 0 Å². The van der Waals surface area contributed by atoms with Gasteiger partial charge in [0.15, 0.2) is 9.84 Å². The van der Waals surface area contributed by atoms with E-state index in [-0.39, 0.29) is 28.0 Å². The monoisotopic (exact) mass is 349 g/mol. The van der Waals surface area contributed by atoms with Gasteiger partial charge in [0.2, 0.25) is 5.91 Å². The molecule has 0 unspecified atom stereocenters. The SMILES string of the molecule is O=C(CCS(=O)(=O)c1ccccc1Cl)N1CCc2ccccc21. The van der Waals surface area contributed by atoms with Crippen molar-refractivity contribution < 1.29 is 13.2 Å². The summed E-state index contributed by atoms with van der Waals surface area (Å²) >= 11 is 5.94. The molecule has 2 aromatic rings. The number of fused-ring (bicyclic) bond motifs is 1. The van der Waals surface area contributed by atoms with Gasteiger partial charge in [0.25, 0.3) is 0 Å². The number of sulfone groups is 1. The molecule has 0 aliphatic carbocycles. The maximum Gasteiger partial charge on any atom is 0.228 e. The smallest absolute Gasteiger partial charge is 0.228 e. The van der Waals surface area contributed by atoms with Gasteiger partial charge in [0.1, 0.15) is 0 Å². The predicted molar refractivity (Wildman–Crippen MR) is 90.6 cm³/mol. The molecular formula is C17H16ClNO3S. The molecule has 1 amide bonds. The van der Waals surface area contributed by atoms with Gasteiger partial charge < -0.3 is 4.90 Å². The van der Waals surface area contributed by atoms with Crippen LogP contribution in [0.5, 0.6) is 0 Å². The third-order valence-corrected chi connectivity index (χ3v) is 6.15. The molecule has 0 aromatic heterocycles. The second-order valence-electron chi connectivity index (χ2n) is 5.42. The summed E-state index contributed by atoms with van der Waals surface area (Å²) in [6, 6.07) is 14.0. The van der Waals surface area contributed by atoms with E-state index in [1.807, 2.05) is 24.3 Å². The number of benzene rings is 2. The maximum atomic E-state index is 12.4. The molecule has 0 atom stereocenters. The standard InChI is InChI=1S/C17H16ClNO3S/c18-14-6-2-4-8-16(14)23(21,22)12-10-17(20)19-11-9-13-5-1-3-7-15(13)19/h1-8H,9-12H2.